The van der Waals surface area contributed by atoms with Crippen LogP contribution in [0.4, 0.5) is 23.2 Å². The molecule has 1 aromatic carbocycles. The van der Waals surface area contributed by atoms with E-state index in [1.165, 1.54) is 0 Å². The van der Waals surface area contributed by atoms with Crippen molar-refractivity contribution in [1.29, 1.82) is 0 Å². The summed E-state index contributed by atoms with van der Waals surface area (Å²) in [5.41, 5.74) is -3.97. The molecular weight excluding hydrogens is 494 g/mol. The number of likely N-dealkylation sites (tertiary alicyclic amines) is 1. The first-order valence-corrected chi connectivity index (χ1v) is 12.3. The molecule has 2 fully saturated rings. The number of hydrogen-bond donors (Lipinski definition) is 2. The summed E-state index contributed by atoms with van der Waals surface area (Å²) >= 11 is 0.865. The zero-order valence-electron chi connectivity index (χ0n) is 18.0. The number of fused-ring (bicyclic) bond motifs is 1. The van der Waals surface area contributed by atoms with Crippen molar-refractivity contribution in [2.24, 2.45) is 0 Å². The minimum atomic E-state index is -4.53. The molecule has 2 aromatic heterocycles. The largest absolute Gasteiger partial charge is 0.446 e. The lowest BCUT2D eigenvalue weighted by molar-refractivity contribution is -0.119. The number of nitrogens with one attached hydrogen (secondary N) is 2. The van der Waals surface area contributed by atoms with Crippen LogP contribution in [0.5, 0.6) is 0 Å². The number of anilines is 1. The van der Waals surface area contributed by atoms with E-state index in [2.05, 4.69) is 20.8 Å². The van der Waals surface area contributed by atoms with Crippen LogP contribution in [-0.2, 0) is 4.79 Å². The number of hydrogen-bond acceptors (Lipinski definition) is 8. The van der Waals surface area contributed by atoms with Gasteiger partial charge in [0.25, 0.3) is 0 Å². The zero-order valence-corrected chi connectivity index (χ0v) is 19.6. The Morgan fingerprint density at radius 2 is 2.15 bits per heavy atom. The molecule has 0 aliphatic carbocycles. The van der Waals surface area contributed by atoms with Gasteiger partial charge in [-0.2, -0.15) is 18.2 Å². The summed E-state index contributed by atoms with van der Waals surface area (Å²) in [4.78, 5) is 18.0. The summed E-state index contributed by atoms with van der Waals surface area (Å²) in [6.07, 6.45) is 0.127. The molecule has 182 valence electrons. The molecular formula is C21H21F4N5O2S2. The second-order valence-corrected chi connectivity index (χ2v) is 10.5. The fraction of sp³-hybridized carbons (Fsp3) is 0.476. The van der Waals surface area contributed by atoms with E-state index in [0.29, 0.717) is 48.1 Å². The van der Waals surface area contributed by atoms with Gasteiger partial charge in [0.1, 0.15) is 12.2 Å². The molecule has 2 saturated heterocycles. The standard InChI is InChI=1S/C21H21F4N5O2S2/c1-30-8-7-11(22)14(9-30)26-12-4-2-3-10-16(12)33-18(17(10)34-21(23,24)25)19-28-20(32-29-19)13-5-6-15(31)27-13/h2-4,11,13-14,26H,5-9H2,1H3,(H,27,31). The Hall–Kier alpha value is -2.38. The van der Waals surface area contributed by atoms with Gasteiger partial charge >= 0.3 is 5.51 Å². The molecule has 0 spiro atoms. The maximum atomic E-state index is 14.6. The van der Waals surface area contributed by atoms with Gasteiger partial charge in [-0.1, -0.05) is 17.3 Å². The molecule has 3 aromatic rings. The Labute approximate surface area is 200 Å². The van der Waals surface area contributed by atoms with E-state index in [-0.39, 0.29) is 39.2 Å². The smallest absolute Gasteiger partial charge is 0.377 e. The first-order chi connectivity index (χ1) is 16.2. The van der Waals surface area contributed by atoms with Gasteiger partial charge in [-0.05, 0) is 37.7 Å². The first-order valence-electron chi connectivity index (χ1n) is 10.7. The molecule has 3 atom stereocenters. The zero-order chi connectivity index (χ0) is 24.0. The predicted octanol–water partition coefficient (Wildman–Crippen LogP) is 4.97. The molecule has 1 amide bonds. The van der Waals surface area contributed by atoms with Crippen LogP contribution < -0.4 is 10.6 Å². The molecule has 7 nitrogen and oxygen atoms in total. The third kappa shape index (κ3) is 4.73. The van der Waals surface area contributed by atoms with Crippen molar-refractivity contribution < 1.29 is 26.9 Å². The van der Waals surface area contributed by atoms with Crippen molar-refractivity contribution in [2.75, 3.05) is 25.5 Å². The van der Waals surface area contributed by atoms with Gasteiger partial charge in [-0.25, -0.2) is 4.39 Å². The lowest BCUT2D eigenvalue weighted by atomic mass is 10.0. The topological polar surface area (TPSA) is 83.3 Å². The number of alkyl halides is 4. The van der Waals surface area contributed by atoms with Gasteiger partial charge in [0, 0.05) is 29.8 Å². The van der Waals surface area contributed by atoms with E-state index in [1.54, 1.807) is 18.2 Å². The highest BCUT2D eigenvalue weighted by Crippen LogP contribution is 2.50. The predicted molar refractivity (Wildman–Crippen MR) is 122 cm³/mol. The van der Waals surface area contributed by atoms with Crippen molar-refractivity contribution >= 4 is 44.8 Å². The first kappa shape index (κ1) is 23.4. The Bertz CT molecular complexity index is 1210. The molecule has 2 N–H and O–H groups in total. The summed E-state index contributed by atoms with van der Waals surface area (Å²) in [6, 6.07) is 4.06. The van der Waals surface area contributed by atoms with E-state index >= 15 is 0 Å². The Morgan fingerprint density at radius 1 is 1.32 bits per heavy atom. The van der Waals surface area contributed by atoms with Crippen LogP contribution in [-0.4, -0.2) is 58.8 Å². The van der Waals surface area contributed by atoms with Crippen molar-refractivity contribution in [1.82, 2.24) is 20.4 Å². The van der Waals surface area contributed by atoms with Crippen LogP contribution in [0.1, 0.15) is 31.2 Å². The van der Waals surface area contributed by atoms with Crippen molar-refractivity contribution in [3.05, 3.63) is 24.1 Å². The Morgan fingerprint density at radius 3 is 2.88 bits per heavy atom. The Kier molecular flexibility index (Phi) is 6.19. The molecule has 3 unspecified atom stereocenters. The highest BCUT2D eigenvalue weighted by molar-refractivity contribution is 8.00. The maximum Gasteiger partial charge on any atom is 0.446 e. The third-order valence-electron chi connectivity index (χ3n) is 5.90. The summed E-state index contributed by atoms with van der Waals surface area (Å²) in [5.74, 6) is 0.0381. The van der Waals surface area contributed by atoms with Gasteiger partial charge < -0.3 is 20.1 Å². The molecule has 13 heteroatoms. The lowest BCUT2D eigenvalue weighted by Crippen LogP contribution is -2.47. The summed E-state index contributed by atoms with van der Waals surface area (Å²) in [6.45, 7) is 1.14. The van der Waals surface area contributed by atoms with E-state index in [4.69, 9.17) is 4.52 Å². The van der Waals surface area contributed by atoms with Crippen LogP contribution in [0.3, 0.4) is 0 Å². The number of benzene rings is 1. The number of thiophene rings is 1. The average molecular weight is 516 g/mol. The van der Waals surface area contributed by atoms with Gasteiger partial charge in [0.2, 0.25) is 17.6 Å². The van der Waals surface area contributed by atoms with Crippen LogP contribution in [0, 0.1) is 0 Å². The molecule has 0 radical (unpaired) electrons. The summed E-state index contributed by atoms with van der Waals surface area (Å²) < 4.78 is 60.9. The molecule has 4 heterocycles. The van der Waals surface area contributed by atoms with Gasteiger partial charge in [0.05, 0.1) is 21.3 Å². The molecule has 34 heavy (non-hydrogen) atoms. The van der Waals surface area contributed by atoms with Gasteiger partial charge in [-0.15, -0.1) is 11.3 Å². The summed E-state index contributed by atoms with van der Waals surface area (Å²) in [5, 5.41) is 10.2. The fourth-order valence-corrected chi connectivity index (χ4v) is 6.37. The second-order valence-electron chi connectivity index (χ2n) is 8.42. The minimum absolute atomic E-state index is 0.0239. The quantitative estimate of drug-likeness (QED) is 0.367. The van der Waals surface area contributed by atoms with Gasteiger partial charge in [-0.3, -0.25) is 4.79 Å². The lowest BCUT2D eigenvalue weighted by Gasteiger charge is -2.33. The van der Waals surface area contributed by atoms with Crippen LogP contribution in [0.2, 0.25) is 0 Å². The van der Waals surface area contributed by atoms with E-state index in [0.717, 1.165) is 11.3 Å². The monoisotopic (exact) mass is 515 g/mol. The minimum Gasteiger partial charge on any atom is -0.377 e. The van der Waals surface area contributed by atoms with Crippen molar-refractivity contribution in [3.8, 4) is 10.7 Å². The number of thioether (sulfide) groups is 1. The number of likely N-dealkylation sites (N-methyl/N-ethyl adjacent to an activating group) is 1. The number of nitrogens with zero attached hydrogens (tertiary/aromatic N) is 3. The van der Waals surface area contributed by atoms with Gasteiger partial charge in [0.15, 0.2) is 0 Å². The molecule has 2 aliphatic rings. The normalized spacial score (nSPS) is 24.0. The van der Waals surface area contributed by atoms with E-state index < -0.39 is 23.8 Å². The second kappa shape index (κ2) is 9.00. The molecule has 5 rings (SSSR count). The number of piperidine rings is 1. The fourth-order valence-electron chi connectivity index (χ4n) is 4.26. The molecule has 2 aliphatic heterocycles. The summed E-state index contributed by atoms with van der Waals surface area (Å²) in [7, 11) is 1.91. The SMILES string of the molecule is CN1CCC(F)C(Nc2cccc3c(SC(F)(F)F)c(-c4noc(C5CCC(=O)N5)n4)sc23)C1. The van der Waals surface area contributed by atoms with Crippen molar-refractivity contribution in [3.63, 3.8) is 0 Å². The van der Waals surface area contributed by atoms with Crippen LogP contribution >= 0.6 is 23.1 Å². The average Bonchev–Trinajstić information content (AvgIpc) is 3.49. The number of rotatable bonds is 5. The maximum absolute atomic E-state index is 14.6. The number of carbonyl (C=O) groups is 1. The number of carbonyl (C=O) groups excluding carboxylic acids is 1. The van der Waals surface area contributed by atoms with Crippen molar-refractivity contribution in [2.45, 2.75) is 47.9 Å². The highest BCUT2D eigenvalue weighted by Gasteiger charge is 2.35. The number of aromatic nitrogens is 2. The third-order valence-corrected chi connectivity index (χ3v) is 8.12. The van der Waals surface area contributed by atoms with E-state index in [1.807, 2.05) is 11.9 Å². The van der Waals surface area contributed by atoms with E-state index in [9.17, 15) is 22.4 Å². The molecule has 0 bridgehead atoms. The van der Waals surface area contributed by atoms with Crippen LogP contribution in [0.15, 0.2) is 27.6 Å². The number of amides is 1. The van der Waals surface area contributed by atoms with Crippen LogP contribution in [0.25, 0.3) is 20.8 Å². The molecule has 0 saturated carbocycles. The number of halogens is 4. The Balaban J connectivity index is 1.55. The highest BCUT2D eigenvalue weighted by atomic mass is 32.2.